The van der Waals surface area contributed by atoms with Crippen LogP contribution in [0.1, 0.15) is 272 Å². The van der Waals surface area contributed by atoms with Gasteiger partial charge >= 0.3 is 25.9 Å². The minimum Gasteiger partial charge on any atom is -0.462 e. The topological polar surface area (TPSA) is 144 Å². The molecule has 0 aliphatic carbocycles. The molecule has 0 aliphatic heterocycles. The van der Waals surface area contributed by atoms with Crippen LogP contribution in [0.4, 0.5) is 4.79 Å². The molecule has 0 aromatic carbocycles. The summed E-state index contributed by atoms with van der Waals surface area (Å²) in [6.45, 7) is 7.86. The Bertz CT molecular complexity index is 1370. The number of esters is 2. The molecule has 0 aliphatic rings. The largest absolute Gasteiger partial charge is 0.508 e. The van der Waals surface area contributed by atoms with Gasteiger partial charge in [-0.25, -0.2) is 9.36 Å². The maximum atomic E-state index is 13.5. The third-order valence-corrected chi connectivity index (χ3v) is 14.0. The highest BCUT2D eigenvalue weighted by Gasteiger charge is 2.37. The Morgan fingerprint density at radius 1 is 0.486 bits per heavy atom. The van der Waals surface area contributed by atoms with E-state index in [4.69, 9.17) is 28.0 Å². The van der Waals surface area contributed by atoms with E-state index in [2.05, 4.69) is 45.1 Å². The molecule has 0 fully saturated rings. The van der Waals surface area contributed by atoms with Crippen LogP contribution in [0.5, 0.6) is 0 Å². The summed E-state index contributed by atoms with van der Waals surface area (Å²) >= 11 is 0. The predicted molar refractivity (Wildman–Crippen MR) is 297 cm³/mol. The molecule has 0 amide bonds. The van der Waals surface area contributed by atoms with E-state index in [0.717, 1.165) is 96.3 Å². The standard InChI is InChI=1S/C59H112NO11P/c1-8-11-14-17-20-23-26-28-30-32-34-36-39-42-45-48-57(61)67-52-55(70-58(62)49-46-43-40-37-35-33-31-29-27-24-21-18-15-12-9-2)53-68-72(64,65)71-56(51-60(5,6)7)54(4)69-59(63)66-50-47-44-41-38-25-22-19-16-13-10-3/h28-31,54-56H,8-27,32-53H2,1-7H3/p+1/b30-28-,31-29-/t54?,55-,56?/m1/s1. The zero-order valence-corrected chi connectivity index (χ0v) is 48.6. The van der Waals surface area contributed by atoms with E-state index in [1.54, 1.807) is 6.92 Å². The first-order chi connectivity index (χ1) is 34.7. The third-order valence-electron chi connectivity index (χ3n) is 13.0. The van der Waals surface area contributed by atoms with Crippen LogP contribution in [0, 0.1) is 0 Å². The Hall–Kier alpha value is -2.24. The summed E-state index contributed by atoms with van der Waals surface area (Å²) in [5.74, 6) is -0.923. The predicted octanol–water partition coefficient (Wildman–Crippen LogP) is 17.2. The van der Waals surface area contributed by atoms with Crippen LogP contribution in [0.25, 0.3) is 0 Å². The molecule has 0 spiro atoms. The number of nitrogens with zero attached hydrogens (tertiary/aromatic N) is 1. The summed E-state index contributed by atoms with van der Waals surface area (Å²) in [5.41, 5.74) is 0. The molecule has 1 N–H and O–H groups in total. The number of quaternary nitrogens is 1. The van der Waals surface area contributed by atoms with Crippen LogP contribution in [0.15, 0.2) is 24.3 Å². The van der Waals surface area contributed by atoms with Gasteiger partial charge in [-0.1, -0.05) is 206 Å². The van der Waals surface area contributed by atoms with Gasteiger partial charge in [-0.3, -0.25) is 18.6 Å². The average molecular weight is 1040 g/mol. The summed E-state index contributed by atoms with van der Waals surface area (Å²) < 4.78 is 47.0. The molecule has 0 aromatic heterocycles. The lowest BCUT2D eigenvalue weighted by molar-refractivity contribution is -0.873. The van der Waals surface area contributed by atoms with Gasteiger partial charge in [-0.05, 0) is 77.6 Å². The van der Waals surface area contributed by atoms with E-state index in [-0.39, 0.29) is 32.6 Å². The van der Waals surface area contributed by atoms with E-state index in [0.29, 0.717) is 17.3 Å². The number of phosphoric ester groups is 1. The highest BCUT2D eigenvalue weighted by molar-refractivity contribution is 7.47. The Labute approximate surface area is 442 Å². The molecule has 0 saturated carbocycles. The number of unbranched alkanes of at least 4 members (excludes halogenated alkanes) is 31. The van der Waals surface area contributed by atoms with Crippen LogP contribution in [0.3, 0.4) is 0 Å². The number of carbonyl (C=O) groups is 3. The quantitative estimate of drug-likeness (QED) is 0.0155. The van der Waals surface area contributed by atoms with Gasteiger partial charge in [0.15, 0.2) is 12.2 Å². The van der Waals surface area contributed by atoms with E-state index < -0.39 is 50.8 Å². The molecule has 0 saturated heterocycles. The van der Waals surface area contributed by atoms with E-state index in [9.17, 15) is 23.8 Å². The van der Waals surface area contributed by atoms with Gasteiger partial charge in [0.2, 0.25) is 0 Å². The number of likely N-dealkylation sites (N-methyl/N-ethyl adjacent to an activating group) is 1. The van der Waals surface area contributed by atoms with Crippen molar-refractivity contribution < 1.29 is 56.3 Å². The number of carbonyl (C=O) groups excluding carboxylic acids is 3. The third kappa shape index (κ3) is 49.9. The molecule has 0 heterocycles. The number of allylic oxidation sites excluding steroid dienone is 4. The van der Waals surface area contributed by atoms with Gasteiger partial charge < -0.3 is 28.3 Å². The summed E-state index contributed by atoms with van der Waals surface area (Å²) in [5, 5.41) is 0. The van der Waals surface area contributed by atoms with E-state index in [1.807, 2.05) is 21.1 Å². The second kappa shape index (κ2) is 49.6. The minimum absolute atomic E-state index is 0.167. The van der Waals surface area contributed by atoms with Crippen molar-refractivity contribution in [2.75, 3.05) is 47.5 Å². The molecule has 0 aromatic rings. The Morgan fingerprint density at radius 3 is 1.28 bits per heavy atom. The maximum Gasteiger partial charge on any atom is 0.508 e. The Morgan fingerprint density at radius 2 is 0.861 bits per heavy atom. The maximum absolute atomic E-state index is 13.5. The van der Waals surface area contributed by atoms with Crippen molar-refractivity contribution >= 4 is 25.9 Å². The average Bonchev–Trinajstić information content (AvgIpc) is 3.33. The van der Waals surface area contributed by atoms with Crippen molar-refractivity contribution in [2.24, 2.45) is 0 Å². The number of hydrogen-bond acceptors (Lipinski definition) is 10. The van der Waals surface area contributed by atoms with Gasteiger partial charge in [-0.15, -0.1) is 0 Å². The fourth-order valence-corrected chi connectivity index (χ4v) is 9.49. The van der Waals surface area contributed by atoms with Crippen molar-refractivity contribution in [3.8, 4) is 0 Å². The van der Waals surface area contributed by atoms with Crippen LogP contribution in [0.2, 0.25) is 0 Å². The highest BCUT2D eigenvalue weighted by Crippen LogP contribution is 2.45. The summed E-state index contributed by atoms with van der Waals surface area (Å²) in [4.78, 5) is 49.5. The minimum atomic E-state index is -4.81. The van der Waals surface area contributed by atoms with Crippen LogP contribution >= 0.6 is 7.82 Å². The molecule has 4 atom stereocenters. The summed E-state index contributed by atoms with van der Waals surface area (Å²) in [6.07, 6.45) is 47.1. The monoisotopic (exact) mass is 1040 g/mol. The lowest BCUT2D eigenvalue weighted by Gasteiger charge is -2.32. The lowest BCUT2D eigenvalue weighted by atomic mass is 10.1. The van der Waals surface area contributed by atoms with Gasteiger partial charge in [0.25, 0.3) is 0 Å². The number of ether oxygens (including phenoxy) is 4. The zero-order valence-electron chi connectivity index (χ0n) is 47.7. The molecular weight excluding hydrogens is 930 g/mol. The van der Waals surface area contributed by atoms with Gasteiger partial charge in [0.1, 0.15) is 19.3 Å². The lowest BCUT2D eigenvalue weighted by Crippen LogP contribution is -2.47. The molecule has 13 heteroatoms. The molecular formula is C59H113NO11P+. The number of phosphoric acid groups is 1. The van der Waals surface area contributed by atoms with E-state index >= 15 is 0 Å². The van der Waals surface area contributed by atoms with Crippen LogP contribution in [-0.4, -0.2) is 93.3 Å². The normalized spacial score (nSPS) is 14.1. The first kappa shape index (κ1) is 69.8. The Kier molecular flexibility index (Phi) is 48.1. The molecule has 0 bridgehead atoms. The molecule has 12 nitrogen and oxygen atoms in total. The number of rotatable bonds is 53. The van der Waals surface area contributed by atoms with Crippen LogP contribution in [-0.2, 0) is 42.1 Å². The van der Waals surface area contributed by atoms with Crippen molar-refractivity contribution in [1.82, 2.24) is 0 Å². The number of hydrogen-bond donors (Lipinski definition) is 1. The first-order valence-corrected chi connectivity index (χ1v) is 31.2. The van der Waals surface area contributed by atoms with Gasteiger partial charge in [0.05, 0.1) is 34.4 Å². The second-order valence-electron chi connectivity index (χ2n) is 21.4. The second-order valence-corrected chi connectivity index (χ2v) is 22.9. The van der Waals surface area contributed by atoms with Gasteiger partial charge in [0, 0.05) is 12.8 Å². The molecule has 424 valence electrons. The van der Waals surface area contributed by atoms with Gasteiger partial charge in [-0.2, -0.15) is 0 Å². The summed E-state index contributed by atoms with van der Waals surface area (Å²) in [7, 11) is 0.837. The molecule has 0 rings (SSSR count). The zero-order chi connectivity index (χ0) is 53.2. The van der Waals surface area contributed by atoms with Crippen molar-refractivity contribution in [3.05, 3.63) is 24.3 Å². The van der Waals surface area contributed by atoms with Crippen molar-refractivity contribution in [2.45, 2.75) is 290 Å². The van der Waals surface area contributed by atoms with Crippen molar-refractivity contribution in [3.63, 3.8) is 0 Å². The molecule has 3 unspecified atom stereocenters. The summed E-state index contributed by atoms with van der Waals surface area (Å²) in [6, 6.07) is 0. The fraction of sp³-hybridized carbons (Fsp3) is 0.881. The Balaban J connectivity index is 5.10. The highest BCUT2D eigenvalue weighted by atomic mass is 31.2. The van der Waals surface area contributed by atoms with Crippen molar-refractivity contribution in [1.29, 1.82) is 0 Å². The van der Waals surface area contributed by atoms with Crippen LogP contribution < -0.4 is 0 Å². The smallest absolute Gasteiger partial charge is 0.462 e. The molecule has 72 heavy (non-hydrogen) atoms. The fourth-order valence-electron chi connectivity index (χ4n) is 8.49. The van der Waals surface area contributed by atoms with E-state index in [1.165, 1.54) is 122 Å². The first-order valence-electron chi connectivity index (χ1n) is 29.7. The SMILES string of the molecule is CCCCCCCC/C=C\CCCCCCCC(=O)OC[C@H](COP(=O)(O)OC(C[N+](C)(C)C)C(C)OC(=O)OCCCCCCCCCCCC)OC(=O)CCCCCCC/C=C\CCCCCCCC. The molecule has 0 radical (unpaired) electrons.